The lowest BCUT2D eigenvalue weighted by Crippen LogP contribution is -1.91. The van der Waals surface area contributed by atoms with Gasteiger partial charge in [-0.3, -0.25) is 0 Å². The molecule has 0 aliphatic rings. The number of aromatic amines is 1. The molecule has 90 valence electrons. The summed E-state index contributed by atoms with van der Waals surface area (Å²) in [6.07, 6.45) is 0. The average Bonchev–Trinajstić information content (AvgIpc) is 2.72. The number of aliphatic hydroxyl groups excluding tert-OH is 1. The summed E-state index contributed by atoms with van der Waals surface area (Å²) >= 11 is 5.85. The molecule has 0 fully saturated rings. The normalized spacial score (nSPS) is 10.5. The van der Waals surface area contributed by atoms with E-state index in [0.29, 0.717) is 23.3 Å². The van der Waals surface area contributed by atoms with Gasteiger partial charge in [-0.25, -0.2) is 4.98 Å². The molecule has 17 heavy (non-hydrogen) atoms. The molecule has 1 aromatic heterocycles. The van der Waals surface area contributed by atoms with Gasteiger partial charge in [0.2, 0.25) is 0 Å². The molecule has 0 radical (unpaired) electrons. The van der Waals surface area contributed by atoms with Crippen LogP contribution in [0.2, 0.25) is 5.15 Å². The van der Waals surface area contributed by atoms with Crippen molar-refractivity contribution in [3.05, 3.63) is 35.1 Å². The van der Waals surface area contributed by atoms with Gasteiger partial charge in [-0.1, -0.05) is 11.6 Å². The molecule has 0 saturated heterocycles. The molecule has 1 heterocycles. The Bertz CT molecular complexity index is 494. The number of benzene rings is 1. The number of imidazole rings is 1. The highest BCUT2D eigenvalue weighted by Gasteiger charge is 2.08. The summed E-state index contributed by atoms with van der Waals surface area (Å²) in [5, 5.41) is 9.32. The first kappa shape index (κ1) is 12.0. The van der Waals surface area contributed by atoms with Crippen molar-refractivity contribution in [1.29, 1.82) is 0 Å². The maximum absolute atomic E-state index is 9.02. The van der Waals surface area contributed by atoms with Gasteiger partial charge in [0.25, 0.3) is 0 Å². The van der Waals surface area contributed by atoms with E-state index in [1.165, 1.54) is 0 Å². The molecule has 0 aliphatic carbocycles. The number of nitrogens with zero attached hydrogens (tertiary/aromatic N) is 1. The number of hydrogen-bond donors (Lipinski definition) is 2. The molecule has 2 rings (SSSR count). The third-order valence-corrected chi connectivity index (χ3v) is 2.64. The number of hydrogen-bond acceptors (Lipinski definition) is 3. The second-order valence-corrected chi connectivity index (χ2v) is 3.83. The number of H-pyrrole nitrogens is 1. The Morgan fingerprint density at radius 2 is 2.06 bits per heavy atom. The number of ether oxygens (including phenoxy) is 1. The van der Waals surface area contributed by atoms with E-state index >= 15 is 0 Å². The molecule has 0 saturated carbocycles. The van der Waals surface area contributed by atoms with Crippen LogP contribution in [0.4, 0.5) is 0 Å². The average molecular weight is 253 g/mol. The fourth-order valence-electron chi connectivity index (χ4n) is 1.51. The molecule has 0 unspecified atom stereocenters. The van der Waals surface area contributed by atoms with Crippen LogP contribution in [0.1, 0.15) is 12.6 Å². The molecule has 0 atom stereocenters. The Hall–Kier alpha value is -1.52. The van der Waals surface area contributed by atoms with E-state index in [1.54, 1.807) is 0 Å². The first-order valence-corrected chi connectivity index (χ1v) is 5.71. The summed E-state index contributed by atoms with van der Waals surface area (Å²) < 4.78 is 5.35. The molecule has 5 heteroatoms. The van der Waals surface area contributed by atoms with Crippen LogP contribution in [0.15, 0.2) is 24.3 Å². The van der Waals surface area contributed by atoms with E-state index in [0.717, 1.165) is 11.3 Å². The number of nitrogens with one attached hydrogen (secondary N) is 1. The van der Waals surface area contributed by atoms with Crippen LogP contribution in [-0.4, -0.2) is 21.7 Å². The standard InChI is InChI=1S/C12H13ClN2O2/c1-2-17-9-5-3-8(4-6-9)12-14-10(7-16)11(13)15-12/h3-6,16H,2,7H2,1H3,(H,14,15). The van der Waals surface area contributed by atoms with Gasteiger partial charge in [-0.2, -0.15) is 0 Å². The van der Waals surface area contributed by atoms with Gasteiger partial charge in [-0.15, -0.1) is 0 Å². The van der Waals surface area contributed by atoms with Crippen molar-refractivity contribution in [2.24, 2.45) is 0 Å². The van der Waals surface area contributed by atoms with Crippen LogP contribution >= 0.6 is 11.6 Å². The third kappa shape index (κ3) is 2.60. The third-order valence-electron chi connectivity index (χ3n) is 2.33. The second-order valence-electron chi connectivity index (χ2n) is 3.47. The van der Waals surface area contributed by atoms with Gasteiger partial charge in [-0.05, 0) is 31.2 Å². The molecular formula is C12H13ClN2O2. The van der Waals surface area contributed by atoms with Gasteiger partial charge in [0, 0.05) is 5.56 Å². The van der Waals surface area contributed by atoms with Crippen molar-refractivity contribution in [2.75, 3.05) is 6.61 Å². The minimum atomic E-state index is -0.150. The van der Waals surface area contributed by atoms with Crippen molar-refractivity contribution in [2.45, 2.75) is 13.5 Å². The number of aromatic nitrogens is 2. The molecular weight excluding hydrogens is 240 g/mol. The molecule has 4 nitrogen and oxygen atoms in total. The van der Waals surface area contributed by atoms with Gasteiger partial charge < -0.3 is 14.8 Å². The molecule has 0 bridgehead atoms. The van der Waals surface area contributed by atoms with E-state index in [2.05, 4.69) is 9.97 Å². The molecule has 1 aromatic carbocycles. The summed E-state index contributed by atoms with van der Waals surface area (Å²) in [7, 11) is 0. The zero-order valence-corrected chi connectivity index (χ0v) is 10.2. The first-order chi connectivity index (χ1) is 8.24. The van der Waals surface area contributed by atoms with E-state index in [9.17, 15) is 0 Å². The van der Waals surface area contributed by atoms with Crippen molar-refractivity contribution in [3.63, 3.8) is 0 Å². The fraction of sp³-hybridized carbons (Fsp3) is 0.250. The second kappa shape index (κ2) is 5.21. The fourth-order valence-corrected chi connectivity index (χ4v) is 1.70. The maximum atomic E-state index is 9.02. The van der Waals surface area contributed by atoms with Crippen LogP contribution in [0.25, 0.3) is 11.4 Å². The van der Waals surface area contributed by atoms with Crippen LogP contribution in [0.3, 0.4) is 0 Å². The largest absolute Gasteiger partial charge is 0.494 e. The smallest absolute Gasteiger partial charge is 0.153 e. The van der Waals surface area contributed by atoms with Gasteiger partial charge in [0.15, 0.2) is 5.15 Å². The summed E-state index contributed by atoms with van der Waals surface area (Å²) in [5.74, 6) is 1.46. The topological polar surface area (TPSA) is 58.1 Å². The van der Waals surface area contributed by atoms with Crippen molar-refractivity contribution in [3.8, 4) is 17.1 Å². The van der Waals surface area contributed by atoms with E-state index in [-0.39, 0.29) is 6.61 Å². The summed E-state index contributed by atoms with van der Waals surface area (Å²) in [4.78, 5) is 7.10. The Morgan fingerprint density at radius 1 is 1.35 bits per heavy atom. The van der Waals surface area contributed by atoms with E-state index < -0.39 is 0 Å². The van der Waals surface area contributed by atoms with Crippen LogP contribution in [-0.2, 0) is 6.61 Å². The molecule has 2 N–H and O–H groups in total. The lowest BCUT2D eigenvalue weighted by Gasteiger charge is -2.03. The zero-order chi connectivity index (χ0) is 12.3. The van der Waals surface area contributed by atoms with Crippen LogP contribution < -0.4 is 4.74 Å². The number of rotatable bonds is 4. The van der Waals surface area contributed by atoms with E-state index in [4.69, 9.17) is 21.4 Å². The predicted molar refractivity (Wildman–Crippen MR) is 66.1 cm³/mol. The Balaban J connectivity index is 2.26. The SMILES string of the molecule is CCOc1ccc(-c2nc(Cl)c(CO)[nH]2)cc1. The highest BCUT2D eigenvalue weighted by molar-refractivity contribution is 6.30. The van der Waals surface area contributed by atoms with Gasteiger partial charge in [0.1, 0.15) is 11.6 Å². The van der Waals surface area contributed by atoms with Crippen molar-refractivity contribution >= 4 is 11.6 Å². The summed E-state index contributed by atoms with van der Waals surface area (Å²) in [6, 6.07) is 7.52. The lowest BCUT2D eigenvalue weighted by molar-refractivity contribution is 0.277. The predicted octanol–water partition coefficient (Wildman–Crippen LogP) is 2.62. The maximum Gasteiger partial charge on any atom is 0.153 e. The molecule has 0 amide bonds. The molecule has 2 aromatic rings. The van der Waals surface area contributed by atoms with Gasteiger partial charge >= 0.3 is 0 Å². The lowest BCUT2D eigenvalue weighted by atomic mass is 10.2. The van der Waals surface area contributed by atoms with Crippen LogP contribution in [0.5, 0.6) is 5.75 Å². The highest BCUT2D eigenvalue weighted by Crippen LogP contribution is 2.23. The van der Waals surface area contributed by atoms with E-state index in [1.807, 2.05) is 31.2 Å². The van der Waals surface area contributed by atoms with Crippen molar-refractivity contribution < 1.29 is 9.84 Å². The van der Waals surface area contributed by atoms with Crippen molar-refractivity contribution in [1.82, 2.24) is 9.97 Å². The minimum absolute atomic E-state index is 0.150. The Kier molecular flexibility index (Phi) is 3.66. The highest BCUT2D eigenvalue weighted by atomic mass is 35.5. The number of aliphatic hydroxyl groups is 1. The van der Waals surface area contributed by atoms with Crippen LogP contribution in [0, 0.1) is 0 Å². The van der Waals surface area contributed by atoms with Gasteiger partial charge in [0.05, 0.1) is 18.9 Å². The minimum Gasteiger partial charge on any atom is -0.494 e. The quantitative estimate of drug-likeness (QED) is 0.879. The number of halogens is 1. The Labute approximate surface area is 104 Å². The monoisotopic (exact) mass is 252 g/mol. The molecule has 0 spiro atoms. The summed E-state index contributed by atoms with van der Waals surface area (Å²) in [5.41, 5.74) is 1.42. The summed E-state index contributed by atoms with van der Waals surface area (Å²) in [6.45, 7) is 2.43. The first-order valence-electron chi connectivity index (χ1n) is 5.33. The molecule has 0 aliphatic heterocycles. The Morgan fingerprint density at radius 3 is 2.59 bits per heavy atom. The zero-order valence-electron chi connectivity index (χ0n) is 9.40.